The molecule has 1 heterocycles. The second kappa shape index (κ2) is 4.00. The highest BCUT2D eigenvalue weighted by Gasteiger charge is 2.26. The normalized spacial score (nSPS) is 12.8. The first-order valence-corrected chi connectivity index (χ1v) is 6.18. The van der Waals surface area contributed by atoms with Gasteiger partial charge in [0.05, 0.1) is 24.7 Å². The van der Waals surface area contributed by atoms with Crippen LogP contribution in [0.15, 0.2) is 12.1 Å². The molecule has 0 N–H and O–H groups in total. The van der Waals surface area contributed by atoms with Gasteiger partial charge in [-0.1, -0.05) is 4.49 Å². The van der Waals surface area contributed by atoms with Gasteiger partial charge in [-0.25, -0.2) is 0 Å². The van der Waals surface area contributed by atoms with Gasteiger partial charge in [0.25, 0.3) is 0 Å². The zero-order valence-electron chi connectivity index (χ0n) is 9.69. The topological polar surface area (TPSA) is 44.2 Å². The molecular formula is C12H12N2O2S. The van der Waals surface area contributed by atoms with Crippen LogP contribution in [0.5, 0.6) is 11.5 Å². The van der Waals surface area contributed by atoms with E-state index in [0.29, 0.717) is 0 Å². The van der Waals surface area contributed by atoms with Crippen LogP contribution in [-0.4, -0.2) is 23.8 Å². The van der Waals surface area contributed by atoms with Crippen LogP contribution >= 0.6 is 11.5 Å². The molecule has 1 aliphatic rings. The fourth-order valence-electron chi connectivity index (χ4n) is 2.28. The molecule has 0 unspecified atom stereocenters. The lowest BCUT2D eigenvalue weighted by Crippen LogP contribution is -2.06. The molecule has 3 rings (SSSR count). The van der Waals surface area contributed by atoms with Crippen molar-refractivity contribution >= 4 is 11.5 Å². The Hall–Kier alpha value is -1.62. The maximum Gasteiger partial charge on any atom is 0.128 e. The number of hydrogen-bond donors (Lipinski definition) is 0. The van der Waals surface area contributed by atoms with Crippen LogP contribution in [0.1, 0.15) is 10.4 Å². The molecule has 2 aromatic rings. The highest BCUT2D eigenvalue weighted by atomic mass is 32.1. The molecule has 0 bridgehead atoms. The van der Waals surface area contributed by atoms with E-state index in [0.717, 1.165) is 35.6 Å². The largest absolute Gasteiger partial charge is 0.496 e. The van der Waals surface area contributed by atoms with Crippen molar-refractivity contribution in [3.63, 3.8) is 0 Å². The Morgan fingerprint density at radius 2 is 1.88 bits per heavy atom. The maximum atomic E-state index is 5.42. The van der Waals surface area contributed by atoms with Crippen LogP contribution in [0.3, 0.4) is 0 Å². The van der Waals surface area contributed by atoms with Crippen molar-refractivity contribution in [1.82, 2.24) is 9.59 Å². The van der Waals surface area contributed by atoms with E-state index in [-0.39, 0.29) is 0 Å². The molecule has 0 spiro atoms. The summed E-state index contributed by atoms with van der Waals surface area (Å²) in [5, 5.41) is 4.22. The molecule has 0 atom stereocenters. The molecule has 88 valence electrons. The number of methoxy groups -OCH3 is 2. The lowest BCUT2D eigenvalue weighted by molar-refractivity contribution is 0.399. The van der Waals surface area contributed by atoms with Gasteiger partial charge in [-0.2, -0.15) is 0 Å². The summed E-state index contributed by atoms with van der Waals surface area (Å²) in [6.45, 7) is 0. The van der Waals surface area contributed by atoms with Gasteiger partial charge in [-0.05, 0) is 36.5 Å². The number of aromatic nitrogens is 2. The Bertz CT molecular complexity index is 566. The standard InChI is InChI=1S/C12H12N2O2S/c1-15-8-4-5-9(16-2)11-7(8)3-6-10-12(11)13-14-17-10/h4-5H,3,6H2,1-2H3. The van der Waals surface area contributed by atoms with Gasteiger partial charge in [0.15, 0.2) is 0 Å². The third-order valence-electron chi connectivity index (χ3n) is 3.07. The highest BCUT2D eigenvalue weighted by molar-refractivity contribution is 7.06. The molecule has 0 aliphatic heterocycles. The summed E-state index contributed by atoms with van der Waals surface area (Å²) in [7, 11) is 3.37. The van der Waals surface area contributed by atoms with Crippen molar-refractivity contribution in [3.8, 4) is 22.8 Å². The first kappa shape index (κ1) is 10.5. The fraction of sp³-hybridized carbons (Fsp3) is 0.333. The molecule has 17 heavy (non-hydrogen) atoms. The first-order chi connectivity index (χ1) is 8.35. The number of benzene rings is 1. The number of aryl methyl sites for hydroxylation is 1. The molecule has 0 fully saturated rings. The third kappa shape index (κ3) is 1.50. The monoisotopic (exact) mass is 248 g/mol. The second-order valence-electron chi connectivity index (χ2n) is 3.87. The van der Waals surface area contributed by atoms with E-state index in [1.807, 2.05) is 12.1 Å². The minimum Gasteiger partial charge on any atom is -0.496 e. The first-order valence-electron chi connectivity index (χ1n) is 5.40. The third-order valence-corrected chi connectivity index (χ3v) is 3.85. The quantitative estimate of drug-likeness (QED) is 0.818. The Morgan fingerprint density at radius 1 is 1.12 bits per heavy atom. The predicted octanol–water partition coefficient (Wildman–Crippen LogP) is 2.32. The summed E-state index contributed by atoms with van der Waals surface area (Å²) in [4.78, 5) is 1.23. The van der Waals surface area contributed by atoms with Crippen molar-refractivity contribution in [2.45, 2.75) is 12.8 Å². The number of hydrogen-bond acceptors (Lipinski definition) is 5. The summed E-state index contributed by atoms with van der Waals surface area (Å²) in [5.74, 6) is 1.74. The molecule has 0 saturated heterocycles. The van der Waals surface area contributed by atoms with Crippen LogP contribution in [-0.2, 0) is 12.8 Å². The predicted molar refractivity (Wildman–Crippen MR) is 65.9 cm³/mol. The van der Waals surface area contributed by atoms with Gasteiger partial charge in [-0.15, -0.1) is 5.10 Å². The minimum atomic E-state index is 0.842. The van der Waals surface area contributed by atoms with E-state index in [1.165, 1.54) is 22.0 Å². The van der Waals surface area contributed by atoms with E-state index in [9.17, 15) is 0 Å². The van der Waals surface area contributed by atoms with E-state index < -0.39 is 0 Å². The second-order valence-corrected chi connectivity index (χ2v) is 4.71. The smallest absolute Gasteiger partial charge is 0.128 e. The van der Waals surface area contributed by atoms with E-state index in [2.05, 4.69) is 9.59 Å². The molecule has 0 saturated carbocycles. The highest BCUT2D eigenvalue weighted by Crippen LogP contribution is 2.43. The van der Waals surface area contributed by atoms with Gasteiger partial charge in [0.1, 0.15) is 17.2 Å². The van der Waals surface area contributed by atoms with E-state index in [1.54, 1.807) is 14.2 Å². The summed E-state index contributed by atoms with van der Waals surface area (Å²) in [6.07, 6.45) is 1.93. The summed E-state index contributed by atoms with van der Waals surface area (Å²) in [5.41, 5.74) is 3.17. The zero-order chi connectivity index (χ0) is 11.8. The van der Waals surface area contributed by atoms with Gasteiger partial charge < -0.3 is 9.47 Å². The fourth-order valence-corrected chi connectivity index (χ4v) is 2.92. The van der Waals surface area contributed by atoms with E-state index >= 15 is 0 Å². The lowest BCUT2D eigenvalue weighted by Gasteiger charge is -2.19. The number of rotatable bonds is 2. The SMILES string of the molecule is COc1ccc(OC)c2c1CCc1snnc1-2. The van der Waals surface area contributed by atoms with Crippen molar-refractivity contribution < 1.29 is 9.47 Å². The van der Waals surface area contributed by atoms with Crippen molar-refractivity contribution in [2.75, 3.05) is 14.2 Å². The molecule has 0 radical (unpaired) electrons. The maximum absolute atomic E-state index is 5.42. The molecule has 1 aromatic heterocycles. The number of ether oxygens (including phenoxy) is 2. The van der Waals surface area contributed by atoms with Crippen LogP contribution in [0.25, 0.3) is 11.3 Å². The summed E-state index contributed by atoms with van der Waals surface area (Å²) < 4.78 is 14.9. The Morgan fingerprint density at radius 3 is 2.65 bits per heavy atom. The molecule has 1 aliphatic carbocycles. The van der Waals surface area contributed by atoms with Crippen LogP contribution in [0.4, 0.5) is 0 Å². The molecular weight excluding hydrogens is 236 g/mol. The van der Waals surface area contributed by atoms with Gasteiger partial charge in [0.2, 0.25) is 0 Å². The molecule has 1 aromatic carbocycles. The Kier molecular flexibility index (Phi) is 2.48. The summed E-state index contributed by atoms with van der Waals surface area (Å²) >= 11 is 1.46. The van der Waals surface area contributed by atoms with Crippen molar-refractivity contribution in [1.29, 1.82) is 0 Å². The van der Waals surface area contributed by atoms with Gasteiger partial charge in [0, 0.05) is 5.56 Å². The van der Waals surface area contributed by atoms with Gasteiger partial charge in [-0.3, -0.25) is 0 Å². The Balaban J connectivity index is 2.30. The van der Waals surface area contributed by atoms with Crippen LogP contribution < -0.4 is 9.47 Å². The van der Waals surface area contributed by atoms with Crippen LogP contribution in [0.2, 0.25) is 0 Å². The summed E-state index contributed by atoms with van der Waals surface area (Å²) in [6, 6.07) is 3.87. The van der Waals surface area contributed by atoms with Crippen molar-refractivity contribution in [3.05, 3.63) is 22.6 Å². The Labute approximate surface area is 103 Å². The number of fused-ring (bicyclic) bond motifs is 3. The molecule has 4 nitrogen and oxygen atoms in total. The zero-order valence-corrected chi connectivity index (χ0v) is 10.5. The molecule has 0 amide bonds. The lowest BCUT2D eigenvalue weighted by atomic mass is 9.92. The van der Waals surface area contributed by atoms with Crippen molar-refractivity contribution in [2.24, 2.45) is 0 Å². The average Bonchev–Trinajstić information content (AvgIpc) is 2.85. The van der Waals surface area contributed by atoms with E-state index in [4.69, 9.17) is 9.47 Å². The average molecular weight is 248 g/mol. The molecule has 5 heteroatoms. The van der Waals surface area contributed by atoms with Gasteiger partial charge >= 0.3 is 0 Å². The minimum absolute atomic E-state index is 0.842. The van der Waals surface area contributed by atoms with Crippen LogP contribution in [0, 0.1) is 0 Å². The number of nitrogens with zero attached hydrogens (tertiary/aromatic N) is 2.